The molecule has 27 heavy (non-hydrogen) atoms. The number of rotatable bonds is 4. The minimum absolute atomic E-state index is 0.0540. The number of halogens is 3. The van der Waals surface area contributed by atoms with Crippen molar-refractivity contribution in [3.8, 4) is 5.75 Å². The highest BCUT2D eigenvalue weighted by Crippen LogP contribution is 2.29. The van der Waals surface area contributed by atoms with Crippen molar-refractivity contribution in [1.29, 1.82) is 0 Å². The summed E-state index contributed by atoms with van der Waals surface area (Å²) in [5, 5.41) is 10.2. The number of benzene rings is 1. The third kappa shape index (κ3) is 3.41. The maximum absolute atomic E-state index is 12.6. The zero-order valence-corrected chi connectivity index (χ0v) is 13.5. The normalized spacial score (nSPS) is 11.5. The molecule has 0 aliphatic heterocycles. The van der Waals surface area contributed by atoms with Crippen LogP contribution in [-0.4, -0.2) is 20.7 Å². The van der Waals surface area contributed by atoms with Crippen molar-refractivity contribution in [3.63, 3.8) is 0 Å². The van der Waals surface area contributed by atoms with Gasteiger partial charge in [-0.25, -0.2) is 4.98 Å². The number of amides is 1. The highest BCUT2D eigenvalue weighted by atomic mass is 19.4. The standard InChI is InChI=1S/C17H12F3N3O4/c18-17(19,20)10-5-3-9(4-6-10)8-27-23-15-11(2-1-7-22-15)13(24)12(14(21)25)16(23)26/h1-7,24H,8H2,(H2,21,25). The van der Waals surface area contributed by atoms with Gasteiger partial charge in [-0.2, -0.15) is 13.2 Å². The van der Waals surface area contributed by atoms with Crippen molar-refractivity contribution in [2.24, 2.45) is 5.73 Å². The van der Waals surface area contributed by atoms with E-state index in [4.69, 9.17) is 10.6 Å². The lowest BCUT2D eigenvalue weighted by Gasteiger charge is -2.14. The first-order chi connectivity index (χ1) is 12.7. The molecular weight excluding hydrogens is 367 g/mol. The molecule has 140 valence electrons. The number of hydrogen-bond acceptors (Lipinski definition) is 5. The fourth-order valence-corrected chi connectivity index (χ4v) is 2.45. The Labute approximate surface area is 149 Å². The van der Waals surface area contributed by atoms with Crippen LogP contribution >= 0.6 is 0 Å². The zero-order chi connectivity index (χ0) is 19.8. The van der Waals surface area contributed by atoms with Crippen molar-refractivity contribution < 1.29 is 27.9 Å². The molecule has 0 bridgehead atoms. The Morgan fingerprint density at radius 1 is 1.22 bits per heavy atom. The molecule has 0 aliphatic rings. The number of hydrogen-bond donors (Lipinski definition) is 2. The number of pyridine rings is 2. The van der Waals surface area contributed by atoms with E-state index in [1.54, 1.807) is 0 Å². The summed E-state index contributed by atoms with van der Waals surface area (Å²) in [4.78, 5) is 33.2. The molecule has 1 aromatic carbocycles. The lowest BCUT2D eigenvalue weighted by Crippen LogP contribution is -2.34. The summed E-state index contributed by atoms with van der Waals surface area (Å²) >= 11 is 0. The summed E-state index contributed by atoms with van der Waals surface area (Å²) in [6, 6.07) is 7.02. The van der Waals surface area contributed by atoms with Crippen LogP contribution in [0.5, 0.6) is 5.75 Å². The molecule has 0 fully saturated rings. The Kier molecular flexibility index (Phi) is 4.48. The van der Waals surface area contributed by atoms with Crippen molar-refractivity contribution in [1.82, 2.24) is 9.71 Å². The second-order valence-corrected chi connectivity index (χ2v) is 5.53. The molecule has 0 saturated heterocycles. The van der Waals surface area contributed by atoms with Crippen LogP contribution in [0.1, 0.15) is 21.5 Å². The molecule has 0 aliphatic carbocycles. The van der Waals surface area contributed by atoms with Gasteiger partial charge in [-0.05, 0) is 29.8 Å². The first-order valence-electron chi connectivity index (χ1n) is 7.52. The molecule has 0 unspecified atom stereocenters. The van der Waals surface area contributed by atoms with Gasteiger partial charge in [0.05, 0.1) is 10.9 Å². The smallest absolute Gasteiger partial charge is 0.416 e. The topological polar surface area (TPSA) is 107 Å². The third-order valence-electron chi connectivity index (χ3n) is 3.76. The Bertz CT molecular complexity index is 1080. The van der Waals surface area contributed by atoms with Crippen LogP contribution in [0.2, 0.25) is 0 Å². The van der Waals surface area contributed by atoms with Crippen LogP contribution in [0.25, 0.3) is 11.0 Å². The zero-order valence-electron chi connectivity index (χ0n) is 13.5. The molecule has 0 spiro atoms. The van der Waals surface area contributed by atoms with Gasteiger partial charge < -0.3 is 15.7 Å². The van der Waals surface area contributed by atoms with Gasteiger partial charge in [0, 0.05) is 6.20 Å². The lowest BCUT2D eigenvalue weighted by molar-refractivity contribution is -0.137. The van der Waals surface area contributed by atoms with Gasteiger partial charge in [0.2, 0.25) is 0 Å². The van der Waals surface area contributed by atoms with E-state index >= 15 is 0 Å². The minimum Gasteiger partial charge on any atom is -0.506 e. The van der Waals surface area contributed by atoms with Crippen molar-refractivity contribution in [2.75, 3.05) is 0 Å². The summed E-state index contributed by atoms with van der Waals surface area (Å²) < 4.78 is 38.5. The largest absolute Gasteiger partial charge is 0.506 e. The molecule has 0 saturated carbocycles. The molecule has 3 rings (SSSR count). The van der Waals surface area contributed by atoms with Crippen LogP contribution in [0.15, 0.2) is 47.4 Å². The predicted molar refractivity (Wildman–Crippen MR) is 87.9 cm³/mol. The summed E-state index contributed by atoms with van der Waals surface area (Å²) in [6.07, 6.45) is -3.13. The molecule has 2 heterocycles. The number of aromatic hydroxyl groups is 1. The van der Waals surface area contributed by atoms with Crippen molar-refractivity contribution >= 4 is 16.9 Å². The molecule has 2 aromatic heterocycles. The molecule has 3 aromatic rings. The number of carbonyl (C=O) groups is 1. The average Bonchev–Trinajstić information content (AvgIpc) is 2.61. The van der Waals surface area contributed by atoms with Gasteiger partial charge in [-0.1, -0.05) is 12.1 Å². The highest BCUT2D eigenvalue weighted by molar-refractivity contribution is 6.00. The van der Waals surface area contributed by atoms with Crippen molar-refractivity contribution in [2.45, 2.75) is 12.8 Å². The summed E-state index contributed by atoms with van der Waals surface area (Å²) in [6.45, 7) is -0.285. The Morgan fingerprint density at radius 2 is 1.89 bits per heavy atom. The van der Waals surface area contributed by atoms with Crippen LogP contribution < -0.4 is 16.1 Å². The van der Waals surface area contributed by atoms with E-state index in [-0.39, 0.29) is 17.6 Å². The van der Waals surface area contributed by atoms with Gasteiger partial charge in [-0.15, -0.1) is 4.73 Å². The van der Waals surface area contributed by atoms with E-state index in [0.717, 1.165) is 12.1 Å². The molecule has 0 atom stereocenters. The SMILES string of the molecule is NC(=O)c1c(O)c2cccnc2n(OCc2ccc(C(F)(F)F)cc2)c1=O. The Balaban J connectivity index is 2.00. The maximum Gasteiger partial charge on any atom is 0.416 e. The number of fused-ring (bicyclic) bond motifs is 1. The molecule has 1 amide bonds. The minimum atomic E-state index is -4.47. The lowest BCUT2D eigenvalue weighted by atomic mass is 10.1. The molecule has 7 nitrogen and oxygen atoms in total. The third-order valence-corrected chi connectivity index (χ3v) is 3.76. The Hall–Kier alpha value is -3.56. The van der Waals surface area contributed by atoms with Crippen LogP contribution in [0.3, 0.4) is 0 Å². The monoisotopic (exact) mass is 379 g/mol. The number of alkyl halides is 3. The van der Waals surface area contributed by atoms with Crippen molar-refractivity contribution in [3.05, 3.63) is 69.6 Å². The van der Waals surface area contributed by atoms with E-state index in [2.05, 4.69) is 4.98 Å². The van der Waals surface area contributed by atoms with E-state index < -0.39 is 34.5 Å². The highest BCUT2D eigenvalue weighted by Gasteiger charge is 2.30. The predicted octanol–water partition coefficient (Wildman–Crippen LogP) is 1.85. The number of carbonyl (C=O) groups excluding carboxylic acids is 1. The van der Waals surface area contributed by atoms with Crippen LogP contribution in [-0.2, 0) is 12.8 Å². The summed E-state index contributed by atoms with van der Waals surface area (Å²) in [5.41, 5.74) is 2.88. The Morgan fingerprint density at radius 3 is 2.48 bits per heavy atom. The van der Waals surface area contributed by atoms with E-state index in [1.165, 1.54) is 30.5 Å². The van der Waals surface area contributed by atoms with E-state index in [0.29, 0.717) is 10.3 Å². The second-order valence-electron chi connectivity index (χ2n) is 5.53. The maximum atomic E-state index is 12.6. The number of primary amides is 1. The first kappa shape index (κ1) is 18.2. The van der Waals surface area contributed by atoms with E-state index in [9.17, 15) is 27.9 Å². The fourth-order valence-electron chi connectivity index (χ4n) is 2.45. The number of nitrogens with zero attached hydrogens (tertiary/aromatic N) is 2. The van der Waals surface area contributed by atoms with Crippen LogP contribution in [0, 0.1) is 0 Å². The quantitative estimate of drug-likeness (QED) is 0.719. The van der Waals surface area contributed by atoms with Gasteiger partial charge in [0.1, 0.15) is 17.9 Å². The second kappa shape index (κ2) is 6.63. The average molecular weight is 379 g/mol. The van der Waals surface area contributed by atoms with Crippen LogP contribution in [0.4, 0.5) is 13.2 Å². The van der Waals surface area contributed by atoms with Gasteiger partial charge in [-0.3, -0.25) is 9.59 Å². The van der Waals surface area contributed by atoms with Gasteiger partial charge >= 0.3 is 11.7 Å². The fraction of sp³-hybridized carbons (Fsp3) is 0.118. The molecular formula is C17H12F3N3O4. The number of nitrogens with two attached hydrogens (primary N) is 1. The summed E-state index contributed by atoms with van der Waals surface area (Å²) in [7, 11) is 0. The molecule has 3 N–H and O–H groups in total. The molecule has 0 radical (unpaired) electrons. The van der Waals surface area contributed by atoms with Gasteiger partial charge in [0.25, 0.3) is 5.91 Å². The summed E-state index contributed by atoms with van der Waals surface area (Å²) in [5.74, 6) is -1.78. The van der Waals surface area contributed by atoms with E-state index in [1.807, 2.05) is 0 Å². The first-order valence-corrected chi connectivity index (χ1v) is 7.52. The van der Waals surface area contributed by atoms with Gasteiger partial charge in [0.15, 0.2) is 5.65 Å². The number of aromatic nitrogens is 2. The molecule has 10 heteroatoms.